The van der Waals surface area contributed by atoms with Crippen molar-refractivity contribution in [3.63, 3.8) is 0 Å². The van der Waals surface area contributed by atoms with E-state index >= 15 is 0 Å². The van der Waals surface area contributed by atoms with E-state index in [4.69, 9.17) is 10.5 Å². The lowest BCUT2D eigenvalue weighted by Gasteiger charge is -2.12. The van der Waals surface area contributed by atoms with Crippen LogP contribution in [0.1, 0.15) is 41.6 Å². The van der Waals surface area contributed by atoms with Crippen LogP contribution in [0.15, 0.2) is 12.1 Å². The van der Waals surface area contributed by atoms with Gasteiger partial charge in [-0.1, -0.05) is 12.8 Å². The number of carbonyl (C=O) groups excluding carboxylic acids is 1. The van der Waals surface area contributed by atoms with Crippen LogP contribution in [0.3, 0.4) is 0 Å². The Hall–Kier alpha value is -1.62. The van der Waals surface area contributed by atoms with Gasteiger partial charge in [0.1, 0.15) is 5.82 Å². The maximum atomic E-state index is 13.8. The highest BCUT2D eigenvalue weighted by atomic mass is 19.1. The van der Waals surface area contributed by atoms with E-state index in [9.17, 15) is 9.18 Å². The molecule has 0 aliphatic heterocycles. The number of anilines is 1. The SMILES string of the molecule is Cc1cc(N)cc(C(=O)NCCOC2CCCC2)c1F. The summed E-state index contributed by atoms with van der Waals surface area (Å²) in [5, 5.41) is 2.66. The molecule has 0 radical (unpaired) electrons. The van der Waals surface area contributed by atoms with Gasteiger partial charge in [-0.15, -0.1) is 0 Å². The first-order valence-electron chi connectivity index (χ1n) is 7.03. The Bertz CT molecular complexity index is 485. The van der Waals surface area contributed by atoms with Crippen LogP contribution in [0.4, 0.5) is 10.1 Å². The third-order valence-corrected chi connectivity index (χ3v) is 3.56. The molecule has 0 unspecified atom stereocenters. The third kappa shape index (κ3) is 3.70. The zero-order valence-corrected chi connectivity index (χ0v) is 11.7. The van der Waals surface area contributed by atoms with Gasteiger partial charge in [-0.05, 0) is 37.5 Å². The lowest BCUT2D eigenvalue weighted by Crippen LogP contribution is -2.29. The van der Waals surface area contributed by atoms with Crippen molar-refractivity contribution < 1.29 is 13.9 Å². The fraction of sp³-hybridized carbons (Fsp3) is 0.533. The van der Waals surface area contributed by atoms with E-state index in [2.05, 4.69) is 5.32 Å². The number of carbonyl (C=O) groups is 1. The van der Waals surface area contributed by atoms with E-state index in [1.807, 2.05) is 0 Å². The van der Waals surface area contributed by atoms with E-state index in [1.165, 1.54) is 25.0 Å². The molecule has 1 amide bonds. The highest BCUT2D eigenvalue weighted by molar-refractivity contribution is 5.95. The van der Waals surface area contributed by atoms with Crippen molar-refractivity contribution in [2.45, 2.75) is 38.7 Å². The first-order chi connectivity index (χ1) is 9.58. The van der Waals surface area contributed by atoms with Crippen LogP contribution >= 0.6 is 0 Å². The van der Waals surface area contributed by atoms with Crippen LogP contribution in [0.2, 0.25) is 0 Å². The second kappa shape index (κ2) is 6.70. The summed E-state index contributed by atoms with van der Waals surface area (Å²) in [7, 11) is 0. The number of hydrogen-bond donors (Lipinski definition) is 2. The predicted molar refractivity (Wildman–Crippen MR) is 76.1 cm³/mol. The number of aryl methyl sites for hydroxylation is 1. The average molecular weight is 280 g/mol. The second-order valence-corrected chi connectivity index (χ2v) is 5.23. The highest BCUT2D eigenvalue weighted by Gasteiger charge is 2.16. The minimum Gasteiger partial charge on any atom is -0.399 e. The Balaban J connectivity index is 1.82. The topological polar surface area (TPSA) is 64.4 Å². The zero-order valence-electron chi connectivity index (χ0n) is 11.7. The molecule has 1 aromatic carbocycles. The fourth-order valence-electron chi connectivity index (χ4n) is 2.50. The van der Waals surface area contributed by atoms with Crippen molar-refractivity contribution in [1.29, 1.82) is 0 Å². The molecular formula is C15H21FN2O2. The number of nitrogen functional groups attached to an aromatic ring is 1. The minimum atomic E-state index is -0.520. The normalized spacial score (nSPS) is 15.5. The Labute approximate surface area is 118 Å². The van der Waals surface area contributed by atoms with Crippen LogP contribution in [0.25, 0.3) is 0 Å². The fourth-order valence-corrected chi connectivity index (χ4v) is 2.50. The van der Waals surface area contributed by atoms with Crippen LogP contribution in [-0.2, 0) is 4.74 Å². The van der Waals surface area contributed by atoms with Gasteiger partial charge < -0.3 is 15.8 Å². The molecule has 1 aliphatic carbocycles. The second-order valence-electron chi connectivity index (χ2n) is 5.23. The van der Waals surface area contributed by atoms with Crippen LogP contribution in [-0.4, -0.2) is 25.2 Å². The predicted octanol–water partition coefficient (Wildman–Crippen LogP) is 2.41. The number of amides is 1. The maximum absolute atomic E-state index is 13.8. The summed E-state index contributed by atoms with van der Waals surface area (Å²) in [5.74, 6) is -0.971. The Kier molecular flexibility index (Phi) is 4.95. The number of nitrogens with one attached hydrogen (secondary N) is 1. The van der Waals surface area contributed by atoms with E-state index in [0.29, 0.717) is 30.5 Å². The van der Waals surface area contributed by atoms with Crippen molar-refractivity contribution >= 4 is 11.6 Å². The van der Waals surface area contributed by atoms with Gasteiger partial charge in [-0.25, -0.2) is 4.39 Å². The number of nitrogens with two attached hydrogens (primary N) is 1. The summed E-state index contributed by atoms with van der Waals surface area (Å²) in [4.78, 5) is 11.9. The van der Waals surface area contributed by atoms with Crippen LogP contribution < -0.4 is 11.1 Å². The van der Waals surface area contributed by atoms with Gasteiger partial charge in [0.15, 0.2) is 0 Å². The largest absolute Gasteiger partial charge is 0.399 e. The lowest BCUT2D eigenvalue weighted by atomic mass is 10.1. The summed E-state index contributed by atoms with van der Waals surface area (Å²) in [6, 6.07) is 2.87. The molecule has 0 atom stereocenters. The molecule has 0 saturated heterocycles. The van der Waals surface area contributed by atoms with Gasteiger partial charge in [-0.2, -0.15) is 0 Å². The summed E-state index contributed by atoms with van der Waals surface area (Å²) < 4.78 is 19.5. The third-order valence-electron chi connectivity index (χ3n) is 3.56. The molecule has 1 aliphatic rings. The van der Waals surface area contributed by atoms with E-state index in [0.717, 1.165) is 12.8 Å². The molecule has 1 aromatic rings. The van der Waals surface area contributed by atoms with Crippen molar-refractivity contribution in [3.8, 4) is 0 Å². The number of benzene rings is 1. The standard InChI is InChI=1S/C15H21FN2O2/c1-10-8-11(17)9-13(14(10)16)15(19)18-6-7-20-12-4-2-3-5-12/h8-9,12H,2-7,17H2,1H3,(H,18,19). The molecule has 0 aromatic heterocycles. The van der Waals surface area contributed by atoms with Crippen LogP contribution in [0.5, 0.6) is 0 Å². The van der Waals surface area contributed by atoms with Gasteiger partial charge in [0.2, 0.25) is 0 Å². The van der Waals surface area contributed by atoms with Crippen molar-refractivity contribution in [2.24, 2.45) is 0 Å². The molecule has 4 nitrogen and oxygen atoms in total. The van der Waals surface area contributed by atoms with E-state index in [-0.39, 0.29) is 5.56 Å². The molecular weight excluding hydrogens is 259 g/mol. The Morgan fingerprint density at radius 2 is 2.15 bits per heavy atom. The lowest BCUT2D eigenvalue weighted by molar-refractivity contribution is 0.0581. The molecule has 0 bridgehead atoms. The average Bonchev–Trinajstić information content (AvgIpc) is 2.91. The highest BCUT2D eigenvalue weighted by Crippen LogP contribution is 2.20. The summed E-state index contributed by atoms with van der Waals surface area (Å²) in [5.41, 5.74) is 6.38. The van der Waals surface area contributed by atoms with Crippen molar-refractivity contribution in [1.82, 2.24) is 5.32 Å². The molecule has 3 N–H and O–H groups in total. The molecule has 2 rings (SSSR count). The first kappa shape index (κ1) is 14.8. The van der Waals surface area contributed by atoms with Gasteiger partial charge in [0, 0.05) is 12.2 Å². The van der Waals surface area contributed by atoms with Crippen LogP contribution in [0, 0.1) is 12.7 Å². The van der Waals surface area contributed by atoms with Crippen molar-refractivity contribution in [3.05, 3.63) is 29.1 Å². The van der Waals surface area contributed by atoms with Gasteiger partial charge >= 0.3 is 0 Å². The monoisotopic (exact) mass is 280 g/mol. The van der Waals surface area contributed by atoms with Crippen molar-refractivity contribution in [2.75, 3.05) is 18.9 Å². The number of hydrogen-bond acceptors (Lipinski definition) is 3. The quantitative estimate of drug-likeness (QED) is 0.643. The van der Waals surface area contributed by atoms with Gasteiger partial charge in [-0.3, -0.25) is 4.79 Å². The molecule has 1 saturated carbocycles. The molecule has 20 heavy (non-hydrogen) atoms. The maximum Gasteiger partial charge on any atom is 0.254 e. The summed E-state index contributed by atoms with van der Waals surface area (Å²) in [6.45, 7) is 2.42. The van der Waals surface area contributed by atoms with E-state index < -0.39 is 11.7 Å². The summed E-state index contributed by atoms with van der Waals surface area (Å²) >= 11 is 0. The molecule has 0 heterocycles. The first-order valence-corrected chi connectivity index (χ1v) is 7.03. The zero-order chi connectivity index (χ0) is 14.5. The Morgan fingerprint density at radius 3 is 2.85 bits per heavy atom. The molecule has 5 heteroatoms. The Morgan fingerprint density at radius 1 is 1.45 bits per heavy atom. The smallest absolute Gasteiger partial charge is 0.254 e. The molecule has 110 valence electrons. The number of rotatable bonds is 5. The van der Waals surface area contributed by atoms with Gasteiger partial charge in [0.05, 0.1) is 18.3 Å². The number of ether oxygens (including phenoxy) is 1. The number of halogens is 1. The molecule has 1 fully saturated rings. The summed E-state index contributed by atoms with van der Waals surface area (Å²) in [6.07, 6.45) is 4.93. The minimum absolute atomic E-state index is 0.0108. The van der Waals surface area contributed by atoms with E-state index in [1.54, 1.807) is 6.92 Å². The van der Waals surface area contributed by atoms with Gasteiger partial charge in [0.25, 0.3) is 5.91 Å². The molecule has 0 spiro atoms.